The second kappa shape index (κ2) is 8.34. The van der Waals surface area contributed by atoms with E-state index in [1.165, 1.54) is 0 Å². The molecule has 0 unspecified atom stereocenters. The van der Waals surface area contributed by atoms with Crippen molar-refractivity contribution in [3.05, 3.63) is 47.7 Å². The van der Waals surface area contributed by atoms with E-state index in [1.807, 2.05) is 31.2 Å². The second-order valence-electron chi connectivity index (χ2n) is 6.20. The lowest BCUT2D eigenvalue weighted by Gasteiger charge is -2.11. The Hall–Kier alpha value is -2.56. The lowest BCUT2D eigenvalue weighted by molar-refractivity contribution is 0.102. The number of hydrogen-bond donors (Lipinski definition) is 2. The minimum absolute atomic E-state index is 0.208. The van der Waals surface area contributed by atoms with E-state index in [1.54, 1.807) is 19.4 Å². The van der Waals surface area contributed by atoms with Crippen molar-refractivity contribution in [1.82, 2.24) is 4.98 Å². The summed E-state index contributed by atoms with van der Waals surface area (Å²) in [6.45, 7) is 7.20. The fraction of sp³-hybridized carbons (Fsp3) is 0.368. The highest BCUT2D eigenvalue weighted by molar-refractivity contribution is 6.05. The molecule has 2 rings (SSSR count). The Balaban J connectivity index is 2.01. The van der Waals surface area contributed by atoms with Gasteiger partial charge in [0, 0.05) is 12.7 Å². The van der Waals surface area contributed by atoms with Crippen molar-refractivity contribution in [2.24, 2.45) is 5.92 Å². The standard InChI is InChI=1S/C19H25N3O2/c1-13(2)9-10-20-18-8-6-15(12-21-18)19(23)22-16-11-14(3)5-7-17(16)24-4/h5-8,11-13H,9-10H2,1-4H3,(H,20,21)(H,22,23). The van der Waals surface area contributed by atoms with E-state index in [2.05, 4.69) is 29.5 Å². The Morgan fingerprint density at radius 1 is 1.25 bits per heavy atom. The summed E-state index contributed by atoms with van der Waals surface area (Å²) in [5, 5.41) is 6.13. The average Bonchev–Trinajstić information content (AvgIpc) is 2.55. The number of nitrogens with zero attached hydrogens (tertiary/aromatic N) is 1. The average molecular weight is 327 g/mol. The first kappa shape index (κ1) is 17.8. The van der Waals surface area contributed by atoms with Crippen LogP contribution in [-0.2, 0) is 0 Å². The summed E-state index contributed by atoms with van der Waals surface area (Å²) >= 11 is 0. The van der Waals surface area contributed by atoms with Crippen molar-refractivity contribution in [1.29, 1.82) is 0 Å². The number of nitrogens with one attached hydrogen (secondary N) is 2. The molecule has 2 N–H and O–H groups in total. The Kier molecular flexibility index (Phi) is 6.18. The molecule has 2 aromatic rings. The SMILES string of the molecule is COc1ccc(C)cc1NC(=O)c1ccc(NCCC(C)C)nc1. The molecule has 1 aromatic carbocycles. The lowest BCUT2D eigenvalue weighted by Crippen LogP contribution is -2.13. The summed E-state index contributed by atoms with van der Waals surface area (Å²) in [4.78, 5) is 16.7. The van der Waals surface area contributed by atoms with Crippen LogP contribution in [-0.4, -0.2) is 24.5 Å². The number of rotatable bonds is 7. The van der Waals surface area contributed by atoms with Gasteiger partial charge in [0.15, 0.2) is 0 Å². The minimum Gasteiger partial charge on any atom is -0.495 e. The molecule has 0 radical (unpaired) electrons. The first-order valence-electron chi connectivity index (χ1n) is 8.15. The molecule has 1 aromatic heterocycles. The van der Waals surface area contributed by atoms with Crippen molar-refractivity contribution in [3.63, 3.8) is 0 Å². The molecule has 5 nitrogen and oxygen atoms in total. The van der Waals surface area contributed by atoms with Crippen molar-refractivity contribution < 1.29 is 9.53 Å². The minimum atomic E-state index is -0.208. The molecule has 1 amide bonds. The zero-order valence-corrected chi connectivity index (χ0v) is 14.7. The van der Waals surface area contributed by atoms with Crippen LogP contribution in [0.3, 0.4) is 0 Å². The van der Waals surface area contributed by atoms with Crippen molar-refractivity contribution >= 4 is 17.4 Å². The monoisotopic (exact) mass is 327 g/mol. The quantitative estimate of drug-likeness (QED) is 0.803. The van der Waals surface area contributed by atoms with Gasteiger partial charge in [0.25, 0.3) is 5.91 Å². The van der Waals surface area contributed by atoms with Gasteiger partial charge in [0.2, 0.25) is 0 Å². The fourth-order valence-corrected chi connectivity index (χ4v) is 2.24. The highest BCUT2D eigenvalue weighted by atomic mass is 16.5. The van der Waals surface area contributed by atoms with Crippen LogP contribution in [0, 0.1) is 12.8 Å². The van der Waals surface area contributed by atoms with Crippen LogP contribution in [0.5, 0.6) is 5.75 Å². The summed E-state index contributed by atoms with van der Waals surface area (Å²) in [5.74, 6) is 1.85. The molecule has 0 aliphatic rings. The third-order valence-corrected chi connectivity index (χ3v) is 3.66. The van der Waals surface area contributed by atoms with E-state index in [9.17, 15) is 4.79 Å². The van der Waals surface area contributed by atoms with E-state index in [-0.39, 0.29) is 5.91 Å². The van der Waals surface area contributed by atoms with Gasteiger partial charge in [0.1, 0.15) is 11.6 Å². The number of methoxy groups -OCH3 is 1. The number of carbonyl (C=O) groups is 1. The molecule has 1 heterocycles. The molecular formula is C19H25N3O2. The number of aryl methyl sites for hydroxylation is 1. The number of amides is 1. The van der Waals surface area contributed by atoms with Gasteiger partial charge in [-0.05, 0) is 49.1 Å². The molecule has 0 saturated heterocycles. The van der Waals surface area contributed by atoms with Crippen LogP contribution in [0.25, 0.3) is 0 Å². The van der Waals surface area contributed by atoms with Gasteiger partial charge in [0.05, 0.1) is 18.4 Å². The van der Waals surface area contributed by atoms with Crippen molar-refractivity contribution in [2.45, 2.75) is 27.2 Å². The zero-order chi connectivity index (χ0) is 17.5. The predicted octanol–water partition coefficient (Wildman–Crippen LogP) is 4.11. The largest absolute Gasteiger partial charge is 0.495 e. The number of pyridine rings is 1. The van der Waals surface area contributed by atoms with Gasteiger partial charge in [-0.1, -0.05) is 19.9 Å². The molecule has 0 fully saturated rings. The number of anilines is 2. The van der Waals surface area contributed by atoms with Gasteiger partial charge in [-0.2, -0.15) is 0 Å². The normalized spacial score (nSPS) is 10.5. The Morgan fingerprint density at radius 2 is 2.04 bits per heavy atom. The first-order valence-corrected chi connectivity index (χ1v) is 8.15. The smallest absolute Gasteiger partial charge is 0.257 e. The number of hydrogen-bond acceptors (Lipinski definition) is 4. The molecule has 0 saturated carbocycles. The van der Waals surface area contributed by atoms with Crippen LogP contribution in [0.15, 0.2) is 36.5 Å². The summed E-state index contributed by atoms with van der Waals surface area (Å²) in [6.07, 6.45) is 2.66. The maximum absolute atomic E-state index is 12.4. The number of ether oxygens (including phenoxy) is 1. The number of aromatic nitrogens is 1. The third-order valence-electron chi connectivity index (χ3n) is 3.66. The maximum Gasteiger partial charge on any atom is 0.257 e. The van der Waals surface area contributed by atoms with E-state index < -0.39 is 0 Å². The van der Waals surface area contributed by atoms with Gasteiger partial charge in [-0.25, -0.2) is 4.98 Å². The maximum atomic E-state index is 12.4. The van der Waals surface area contributed by atoms with E-state index in [4.69, 9.17) is 4.74 Å². The van der Waals surface area contributed by atoms with E-state index in [0.29, 0.717) is 22.9 Å². The molecule has 0 aliphatic heterocycles. The molecule has 5 heteroatoms. The van der Waals surface area contributed by atoms with Crippen LogP contribution in [0.2, 0.25) is 0 Å². The Labute approximate surface area is 143 Å². The molecular weight excluding hydrogens is 302 g/mol. The van der Waals surface area contributed by atoms with Crippen LogP contribution >= 0.6 is 0 Å². The van der Waals surface area contributed by atoms with Gasteiger partial charge in [-0.15, -0.1) is 0 Å². The molecule has 0 atom stereocenters. The summed E-state index contributed by atoms with van der Waals surface area (Å²) in [6, 6.07) is 9.25. The summed E-state index contributed by atoms with van der Waals surface area (Å²) < 4.78 is 5.28. The Morgan fingerprint density at radius 3 is 2.67 bits per heavy atom. The lowest BCUT2D eigenvalue weighted by atomic mass is 10.1. The van der Waals surface area contributed by atoms with Gasteiger partial charge in [-0.3, -0.25) is 4.79 Å². The summed E-state index contributed by atoms with van der Waals surface area (Å²) in [5.41, 5.74) is 2.21. The highest BCUT2D eigenvalue weighted by Gasteiger charge is 2.10. The third kappa shape index (κ3) is 4.98. The summed E-state index contributed by atoms with van der Waals surface area (Å²) in [7, 11) is 1.58. The van der Waals surface area contributed by atoms with Crippen molar-refractivity contribution in [2.75, 3.05) is 24.3 Å². The fourth-order valence-electron chi connectivity index (χ4n) is 2.24. The van der Waals surface area contributed by atoms with Crippen LogP contribution in [0.4, 0.5) is 11.5 Å². The van der Waals surface area contributed by atoms with Crippen molar-refractivity contribution in [3.8, 4) is 5.75 Å². The predicted molar refractivity (Wildman–Crippen MR) is 97.9 cm³/mol. The van der Waals surface area contributed by atoms with Gasteiger partial charge < -0.3 is 15.4 Å². The first-order chi connectivity index (χ1) is 11.5. The highest BCUT2D eigenvalue weighted by Crippen LogP contribution is 2.25. The molecule has 0 aliphatic carbocycles. The number of carbonyl (C=O) groups excluding carboxylic acids is 1. The molecule has 0 bridgehead atoms. The van der Waals surface area contributed by atoms with E-state index in [0.717, 1.165) is 24.3 Å². The second-order valence-corrected chi connectivity index (χ2v) is 6.20. The Bertz CT molecular complexity index is 682. The van der Waals surface area contributed by atoms with E-state index >= 15 is 0 Å². The molecule has 128 valence electrons. The zero-order valence-electron chi connectivity index (χ0n) is 14.7. The topological polar surface area (TPSA) is 63.2 Å². The number of benzene rings is 1. The van der Waals surface area contributed by atoms with Gasteiger partial charge >= 0.3 is 0 Å². The molecule has 24 heavy (non-hydrogen) atoms. The molecule has 0 spiro atoms. The van der Waals surface area contributed by atoms with Crippen LogP contribution < -0.4 is 15.4 Å². The van der Waals surface area contributed by atoms with Crippen LogP contribution in [0.1, 0.15) is 36.2 Å².